The molecule has 1 aromatic heterocycles. The molecule has 6 nitrogen and oxygen atoms in total. The van der Waals surface area contributed by atoms with Crippen molar-refractivity contribution in [1.82, 2.24) is 15.3 Å². The molecule has 4 rings (SSSR count). The Hall–Kier alpha value is -3.27. The van der Waals surface area contributed by atoms with Crippen LogP contribution in [0.2, 0.25) is 0 Å². The summed E-state index contributed by atoms with van der Waals surface area (Å²) in [6, 6.07) is 15.1. The lowest BCUT2D eigenvalue weighted by Crippen LogP contribution is -2.47. The Bertz CT molecular complexity index is 1240. The number of aryl methyl sites for hydroxylation is 1. The molecule has 1 amide bonds. The number of anilines is 2. The molecule has 0 atom stereocenters. The molecule has 1 saturated heterocycles. The Labute approximate surface area is 225 Å². The van der Waals surface area contributed by atoms with E-state index < -0.39 is 11.7 Å². The van der Waals surface area contributed by atoms with Crippen molar-refractivity contribution in [3.63, 3.8) is 0 Å². The fraction of sp³-hybridized carbons (Fsp3) is 0.393. The summed E-state index contributed by atoms with van der Waals surface area (Å²) < 4.78 is 39.4. The molecule has 1 aliphatic rings. The summed E-state index contributed by atoms with van der Waals surface area (Å²) in [4.78, 5) is 25.8. The van der Waals surface area contributed by atoms with Crippen LogP contribution < -0.4 is 15.1 Å². The molecule has 1 aliphatic heterocycles. The van der Waals surface area contributed by atoms with Crippen molar-refractivity contribution < 1.29 is 18.0 Å². The molecule has 0 radical (unpaired) electrons. The number of thioether (sulfide) groups is 1. The summed E-state index contributed by atoms with van der Waals surface area (Å²) in [7, 11) is 0. The SMILES string of the molecule is CCc1cc(N2CCN(c3cccc(C(F)(F)F)c3)CC2)nc(SCc2ccc(C(=O)NC(C)C)cc2)n1. The average molecular weight is 544 g/mol. The third kappa shape index (κ3) is 7.18. The van der Waals surface area contributed by atoms with E-state index in [0.29, 0.717) is 48.3 Å². The van der Waals surface area contributed by atoms with Gasteiger partial charge in [0.15, 0.2) is 5.16 Å². The van der Waals surface area contributed by atoms with Crippen molar-refractivity contribution in [2.45, 2.75) is 50.3 Å². The van der Waals surface area contributed by atoms with Crippen LogP contribution in [0.1, 0.15) is 48.0 Å². The summed E-state index contributed by atoms with van der Waals surface area (Å²) in [6.45, 7) is 8.42. The molecule has 2 heterocycles. The molecular formula is C28H32F3N5OS. The van der Waals surface area contributed by atoms with E-state index in [9.17, 15) is 18.0 Å². The molecule has 0 bridgehead atoms. The maximum atomic E-state index is 13.1. The first-order chi connectivity index (χ1) is 18.1. The van der Waals surface area contributed by atoms with Crippen LogP contribution in [0.3, 0.4) is 0 Å². The van der Waals surface area contributed by atoms with Crippen LogP contribution in [0.5, 0.6) is 0 Å². The van der Waals surface area contributed by atoms with Crippen LogP contribution in [-0.4, -0.2) is 48.1 Å². The van der Waals surface area contributed by atoms with Crippen LogP contribution >= 0.6 is 11.8 Å². The lowest BCUT2D eigenvalue weighted by atomic mass is 10.1. The third-order valence-electron chi connectivity index (χ3n) is 6.25. The van der Waals surface area contributed by atoms with Gasteiger partial charge < -0.3 is 15.1 Å². The number of benzene rings is 2. The maximum Gasteiger partial charge on any atom is 0.416 e. The van der Waals surface area contributed by atoms with E-state index in [1.165, 1.54) is 12.1 Å². The van der Waals surface area contributed by atoms with Crippen LogP contribution in [0, 0.1) is 0 Å². The molecule has 3 aromatic rings. The Morgan fingerprint density at radius 2 is 1.68 bits per heavy atom. The quantitative estimate of drug-likeness (QED) is 0.286. The first kappa shape index (κ1) is 27.8. The summed E-state index contributed by atoms with van der Waals surface area (Å²) in [5.74, 6) is 1.42. The van der Waals surface area contributed by atoms with E-state index in [4.69, 9.17) is 4.98 Å². The lowest BCUT2D eigenvalue weighted by molar-refractivity contribution is -0.137. The van der Waals surface area contributed by atoms with Gasteiger partial charge in [0.25, 0.3) is 5.91 Å². The first-order valence-corrected chi connectivity index (χ1v) is 13.7. The zero-order valence-corrected chi connectivity index (χ0v) is 22.6. The predicted octanol–water partition coefficient (Wildman–Crippen LogP) is 5.81. The van der Waals surface area contributed by atoms with Gasteiger partial charge in [-0.15, -0.1) is 0 Å². The monoisotopic (exact) mass is 543 g/mol. The first-order valence-electron chi connectivity index (χ1n) is 12.7. The lowest BCUT2D eigenvalue weighted by Gasteiger charge is -2.37. The molecule has 0 spiro atoms. The number of nitrogens with one attached hydrogen (secondary N) is 1. The van der Waals surface area contributed by atoms with E-state index in [0.717, 1.165) is 29.6 Å². The number of nitrogens with zero attached hydrogens (tertiary/aromatic N) is 4. The zero-order chi connectivity index (χ0) is 27.3. The molecular weight excluding hydrogens is 511 g/mol. The zero-order valence-electron chi connectivity index (χ0n) is 21.8. The second-order valence-corrected chi connectivity index (χ2v) is 10.4. The predicted molar refractivity (Wildman–Crippen MR) is 146 cm³/mol. The highest BCUT2D eigenvalue weighted by atomic mass is 32.2. The maximum absolute atomic E-state index is 13.1. The highest BCUT2D eigenvalue weighted by Gasteiger charge is 2.31. The summed E-state index contributed by atoms with van der Waals surface area (Å²) in [5, 5.41) is 3.57. The number of carbonyl (C=O) groups excluding carboxylic acids is 1. The number of amides is 1. The van der Waals surface area contributed by atoms with E-state index in [-0.39, 0.29) is 11.9 Å². The van der Waals surface area contributed by atoms with Gasteiger partial charge in [-0.05, 0) is 56.2 Å². The summed E-state index contributed by atoms with van der Waals surface area (Å²) in [5.41, 5.74) is 2.59. The third-order valence-corrected chi connectivity index (χ3v) is 7.17. The van der Waals surface area contributed by atoms with Crippen molar-refractivity contribution in [3.05, 3.63) is 77.0 Å². The number of hydrogen-bond donors (Lipinski definition) is 1. The number of hydrogen-bond acceptors (Lipinski definition) is 6. The van der Waals surface area contributed by atoms with Crippen LogP contribution in [0.4, 0.5) is 24.7 Å². The second kappa shape index (κ2) is 12.1. The fourth-order valence-electron chi connectivity index (χ4n) is 4.19. The standard InChI is InChI=1S/C28H32F3N5OS/c1-4-23-17-25(36-14-12-35(13-15-36)24-7-5-6-22(16-24)28(29,30)31)34-27(33-23)38-18-20-8-10-21(11-9-20)26(37)32-19(2)3/h5-11,16-17,19H,4,12-15,18H2,1-3H3,(H,32,37). The van der Waals surface area contributed by atoms with Gasteiger partial charge in [0.05, 0.1) is 5.56 Å². The number of aromatic nitrogens is 2. The number of rotatable bonds is 8. The minimum Gasteiger partial charge on any atom is -0.368 e. The summed E-state index contributed by atoms with van der Waals surface area (Å²) in [6.07, 6.45) is -3.58. The Balaban J connectivity index is 1.39. The molecule has 0 saturated carbocycles. The molecule has 2 aromatic carbocycles. The number of halogens is 3. The molecule has 202 valence electrons. The van der Waals surface area contributed by atoms with E-state index >= 15 is 0 Å². The smallest absolute Gasteiger partial charge is 0.368 e. The highest BCUT2D eigenvalue weighted by molar-refractivity contribution is 7.98. The normalized spacial score (nSPS) is 14.2. The average Bonchev–Trinajstić information content (AvgIpc) is 2.91. The van der Waals surface area contributed by atoms with Crippen molar-refractivity contribution in [2.24, 2.45) is 0 Å². The molecule has 38 heavy (non-hydrogen) atoms. The highest BCUT2D eigenvalue weighted by Crippen LogP contribution is 2.32. The van der Waals surface area contributed by atoms with Gasteiger partial charge in [-0.25, -0.2) is 9.97 Å². The van der Waals surface area contributed by atoms with Crippen molar-refractivity contribution in [3.8, 4) is 0 Å². The van der Waals surface area contributed by atoms with Gasteiger partial charge in [0.1, 0.15) is 5.82 Å². The van der Waals surface area contributed by atoms with Gasteiger partial charge in [-0.2, -0.15) is 13.2 Å². The largest absolute Gasteiger partial charge is 0.416 e. The van der Waals surface area contributed by atoms with Crippen molar-refractivity contribution in [1.29, 1.82) is 0 Å². The van der Waals surface area contributed by atoms with Crippen molar-refractivity contribution in [2.75, 3.05) is 36.0 Å². The van der Waals surface area contributed by atoms with E-state index in [1.54, 1.807) is 17.8 Å². The van der Waals surface area contributed by atoms with Gasteiger partial charge in [-0.1, -0.05) is 36.9 Å². The Morgan fingerprint density at radius 3 is 2.32 bits per heavy atom. The van der Waals surface area contributed by atoms with E-state index in [1.807, 2.05) is 56.0 Å². The van der Waals surface area contributed by atoms with Gasteiger partial charge in [0, 0.05) is 61.0 Å². The van der Waals surface area contributed by atoms with Gasteiger partial charge >= 0.3 is 6.18 Å². The van der Waals surface area contributed by atoms with Crippen LogP contribution in [-0.2, 0) is 18.3 Å². The topological polar surface area (TPSA) is 61.4 Å². The molecule has 0 aliphatic carbocycles. The molecule has 10 heteroatoms. The van der Waals surface area contributed by atoms with Gasteiger partial charge in [0.2, 0.25) is 0 Å². The minimum absolute atomic E-state index is 0.0819. The fourth-order valence-corrected chi connectivity index (χ4v) is 5.01. The Kier molecular flexibility index (Phi) is 8.81. The Morgan fingerprint density at radius 1 is 1.00 bits per heavy atom. The van der Waals surface area contributed by atoms with Gasteiger partial charge in [-0.3, -0.25) is 4.79 Å². The molecule has 1 fully saturated rings. The van der Waals surface area contributed by atoms with Crippen LogP contribution in [0.25, 0.3) is 0 Å². The van der Waals surface area contributed by atoms with Crippen molar-refractivity contribution >= 4 is 29.2 Å². The molecule has 0 unspecified atom stereocenters. The number of carbonyl (C=O) groups is 1. The summed E-state index contributed by atoms with van der Waals surface area (Å²) >= 11 is 1.54. The minimum atomic E-state index is -4.35. The van der Waals surface area contributed by atoms with E-state index in [2.05, 4.69) is 15.2 Å². The molecule has 1 N–H and O–H groups in total. The number of piperazine rings is 1. The number of alkyl halides is 3. The van der Waals surface area contributed by atoms with Crippen LogP contribution in [0.15, 0.2) is 59.8 Å². The second-order valence-electron chi connectivity index (χ2n) is 9.49.